The molecule has 0 atom stereocenters. The fraction of sp³-hybridized carbons (Fsp3) is 0.176. The van der Waals surface area contributed by atoms with E-state index in [0.717, 1.165) is 6.42 Å². The van der Waals surface area contributed by atoms with Crippen molar-refractivity contribution < 1.29 is 9.53 Å². The summed E-state index contributed by atoms with van der Waals surface area (Å²) in [5, 5.41) is 11.4. The van der Waals surface area contributed by atoms with Gasteiger partial charge in [0, 0.05) is 5.69 Å². The van der Waals surface area contributed by atoms with Crippen molar-refractivity contribution in [3.05, 3.63) is 59.7 Å². The first-order chi connectivity index (χ1) is 10.2. The first-order valence-corrected chi connectivity index (χ1v) is 6.73. The van der Waals surface area contributed by atoms with Gasteiger partial charge in [0.2, 0.25) is 0 Å². The van der Waals surface area contributed by atoms with Crippen LogP contribution in [0, 0.1) is 11.3 Å². The number of hydrogen-bond donors (Lipinski definition) is 1. The minimum absolute atomic E-state index is 0.0484. The van der Waals surface area contributed by atoms with Crippen molar-refractivity contribution in [1.82, 2.24) is 0 Å². The lowest BCUT2D eigenvalue weighted by atomic mass is 10.2. The Balaban J connectivity index is 1.88. The number of nitriles is 1. The number of ether oxygens (including phenoxy) is 1. The summed E-state index contributed by atoms with van der Waals surface area (Å²) in [6, 6.07) is 16.4. The van der Waals surface area contributed by atoms with Crippen LogP contribution in [0.15, 0.2) is 48.5 Å². The maximum Gasteiger partial charge on any atom is 0.262 e. The predicted octanol–water partition coefficient (Wildman–Crippen LogP) is 3.14. The first-order valence-electron chi connectivity index (χ1n) is 6.73. The Morgan fingerprint density at radius 3 is 2.67 bits per heavy atom. The normalized spacial score (nSPS) is 9.71. The Bertz CT molecular complexity index is 657. The van der Waals surface area contributed by atoms with Crippen molar-refractivity contribution in [1.29, 1.82) is 5.26 Å². The number of hydrogen-bond acceptors (Lipinski definition) is 3. The molecule has 2 aromatic carbocycles. The second-order valence-corrected chi connectivity index (χ2v) is 4.53. The minimum atomic E-state index is -0.235. The summed E-state index contributed by atoms with van der Waals surface area (Å²) >= 11 is 0. The molecule has 0 heterocycles. The van der Waals surface area contributed by atoms with E-state index in [0.29, 0.717) is 17.0 Å². The summed E-state index contributed by atoms with van der Waals surface area (Å²) in [6.07, 6.45) is 0.925. The van der Waals surface area contributed by atoms with E-state index in [1.54, 1.807) is 24.3 Å². The number of nitrogens with zero attached hydrogens (tertiary/aromatic N) is 1. The number of anilines is 1. The minimum Gasteiger partial charge on any atom is -0.484 e. The predicted molar refractivity (Wildman–Crippen MR) is 81.1 cm³/mol. The molecule has 4 nitrogen and oxygen atoms in total. The molecular formula is C17H16N2O2. The number of nitrogens with one attached hydrogen (secondary N) is 1. The molecule has 1 N–H and O–H groups in total. The average molecular weight is 280 g/mol. The molecule has 0 spiro atoms. The van der Waals surface area contributed by atoms with E-state index in [9.17, 15) is 4.79 Å². The van der Waals surface area contributed by atoms with Crippen LogP contribution in [0.4, 0.5) is 5.69 Å². The van der Waals surface area contributed by atoms with Crippen molar-refractivity contribution in [2.75, 3.05) is 11.9 Å². The largest absolute Gasteiger partial charge is 0.484 e. The van der Waals surface area contributed by atoms with Gasteiger partial charge in [-0.25, -0.2) is 0 Å². The molecule has 1 amide bonds. The van der Waals surface area contributed by atoms with Gasteiger partial charge in [0.05, 0.1) is 11.6 Å². The van der Waals surface area contributed by atoms with Gasteiger partial charge in [0.1, 0.15) is 5.75 Å². The summed E-state index contributed by atoms with van der Waals surface area (Å²) in [7, 11) is 0. The zero-order valence-corrected chi connectivity index (χ0v) is 11.8. The molecule has 0 aliphatic carbocycles. The molecule has 21 heavy (non-hydrogen) atoms. The summed E-state index contributed by atoms with van der Waals surface area (Å²) in [6.45, 7) is 2.02. The highest BCUT2D eigenvalue weighted by Crippen LogP contribution is 2.14. The molecule has 0 radical (unpaired) electrons. The molecule has 0 saturated heterocycles. The molecule has 0 aliphatic heterocycles. The summed E-state index contributed by atoms with van der Waals surface area (Å²) < 4.78 is 5.46. The van der Waals surface area contributed by atoms with Gasteiger partial charge in [0.25, 0.3) is 5.91 Å². The van der Waals surface area contributed by atoms with Crippen LogP contribution in [0.3, 0.4) is 0 Å². The topological polar surface area (TPSA) is 62.1 Å². The molecule has 0 aliphatic rings. The van der Waals surface area contributed by atoms with Crippen LogP contribution < -0.4 is 10.1 Å². The lowest BCUT2D eigenvalue weighted by molar-refractivity contribution is -0.118. The summed E-state index contributed by atoms with van der Waals surface area (Å²) in [5.41, 5.74) is 2.37. The van der Waals surface area contributed by atoms with E-state index in [2.05, 4.69) is 12.2 Å². The maximum absolute atomic E-state index is 11.8. The molecule has 106 valence electrons. The van der Waals surface area contributed by atoms with Crippen molar-refractivity contribution in [2.45, 2.75) is 13.3 Å². The van der Waals surface area contributed by atoms with Crippen LogP contribution >= 0.6 is 0 Å². The molecule has 0 saturated carbocycles. The molecular weight excluding hydrogens is 264 g/mol. The zero-order chi connectivity index (χ0) is 15.1. The highest BCUT2D eigenvalue weighted by Gasteiger charge is 2.04. The van der Waals surface area contributed by atoms with Crippen LogP contribution in [-0.2, 0) is 11.2 Å². The van der Waals surface area contributed by atoms with Gasteiger partial charge in [-0.3, -0.25) is 4.79 Å². The quantitative estimate of drug-likeness (QED) is 0.915. The third-order valence-electron chi connectivity index (χ3n) is 2.97. The van der Waals surface area contributed by atoms with Crippen molar-refractivity contribution in [2.24, 2.45) is 0 Å². The number of carbonyl (C=O) groups excluding carboxylic acids is 1. The Morgan fingerprint density at radius 2 is 2.00 bits per heavy atom. The Labute approximate surface area is 124 Å². The van der Waals surface area contributed by atoms with Gasteiger partial charge in [-0.15, -0.1) is 0 Å². The highest BCUT2D eigenvalue weighted by molar-refractivity contribution is 5.91. The number of amides is 1. The monoisotopic (exact) mass is 280 g/mol. The van der Waals surface area contributed by atoms with E-state index < -0.39 is 0 Å². The molecule has 0 aromatic heterocycles. The lowest BCUT2D eigenvalue weighted by Crippen LogP contribution is -2.20. The standard InChI is InChI=1S/C17H16N2O2/c1-2-13-4-3-5-16(10-13)21-12-17(20)19-15-8-6-14(11-18)7-9-15/h3-10H,2,12H2,1H3,(H,19,20). The van der Waals surface area contributed by atoms with E-state index >= 15 is 0 Å². The van der Waals surface area contributed by atoms with Gasteiger partial charge in [0.15, 0.2) is 6.61 Å². The van der Waals surface area contributed by atoms with E-state index in [-0.39, 0.29) is 12.5 Å². The van der Waals surface area contributed by atoms with Gasteiger partial charge >= 0.3 is 0 Å². The SMILES string of the molecule is CCc1cccc(OCC(=O)Nc2ccc(C#N)cc2)c1. The molecule has 0 unspecified atom stereocenters. The van der Waals surface area contributed by atoms with Crippen LogP contribution in [-0.4, -0.2) is 12.5 Å². The van der Waals surface area contributed by atoms with E-state index in [1.165, 1.54) is 5.56 Å². The fourth-order valence-corrected chi connectivity index (χ4v) is 1.83. The molecule has 4 heteroatoms. The van der Waals surface area contributed by atoms with Gasteiger partial charge < -0.3 is 10.1 Å². The van der Waals surface area contributed by atoms with Crippen molar-refractivity contribution in [3.8, 4) is 11.8 Å². The van der Waals surface area contributed by atoms with Crippen LogP contribution in [0.2, 0.25) is 0 Å². The van der Waals surface area contributed by atoms with E-state index in [4.69, 9.17) is 10.00 Å². The summed E-state index contributed by atoms with van der Waals surface area (Å²) in [4.78, 5) is 11.8. The number of rotatable bonds is 5. The van der Waals surface area contributed by atoms with E-state index in [1.807, 2.05) is 30.3 Å². The van der Waals surface area contributed by atoms with Crippen LogP contribution in [0.25, 0.3) is 0 Å². The summed E-state index contributed by atoms with van der Waals surface area (Å²) in [5.74, 6) is 0.450. The number of carbonyl (C=O) groups is 1. The molecule has 0 bridgehead atoms. The van der Waals surface area contributed by atoms with Crippen molar-refractivity contribution >= 4 is 11.6 Å². The third kappa shape index (κ3) is 4.36. The molecule has 2 aromatic rings. The molecule has 2 rings (SSSR count). The first kappa shape index (κ1) is 14.6. The lowest BCUT2D eigenvalue weighted by Gasteiger charge is -2.08. The number of aryl methyl sites for hydroxylation is 1. The molecule has 0 fully saturated rings. The second-order valence-electron chi connectivity index (χ2n) is 4.53. The smallest absolute Gasteiger partial charge is 0.262 e. The number of benzene rings is 2. The maximum atomic E-state index is 11.8. The van der Waals surface area contributed by atoms with Crippen molar-refractivity contribution in [3.63, 3.8) is 0 Å². The Kier molecular flexibility index (Phi) is 4.94. The second kappa shape index (κ2) is 7.11. The average Bonchev–Trinajstić information content (AvgIpc) is 2.54. The highest BCUT2D eigenvalue weighted by atomic mass is 16.5. The Hall–Kier alpha value is -2.80. The zero-order valence-electron chi connectivity index (χ0n) is 11.8. The van der Waals surface area contributed by atoms with Crippen LogP contribution in [0.5, 0.6) is 5.75 Å². The van der Waals surface area contributed by atoms with Gasteiger partial charge in [-0.1, -0.05) is 19.1 Å². The van der Waals surface area contributed by atoms with Gasteiger partial charge in [-0.05, 0) is 48.4 Å². The van der Waals surface area contributed by atoms with Gasteiger partial charge in [-0.2, -0.15) is 5.26 Å². The fourth-order valence-electron chi connectivity index (χ4n) is 1.83. The van der Waals surface area contributed by atoms with Crippen LogP contribution in [0.1, 0.15) is 18.1 Å². The third-order valence-corrected chi connectivity index (χ3v) is 2.97. The Morgan fingerprint density at radius 1 is 1.24 bits per heavy atom.